The van der Waals surface area contributed by atoms with Gasteiger partial charge in [0.25, 0.3) is 5.91 Å². The molecule has 0 unspecified atom stereocenters. The summed E-state index contributed by atoms with van der Waals surface area (Å²) in [7, 11) is 0. The lowest BCUT2D eigenvalue weighted by molar-refractivity contribution is -0.130. The molecule has 4 aliphatic carbocycles. The zero-order chi connectivity index (χ0) is 19.3. The van der Waals surface area contributed by atoms with Gasteiger partial charge < -0.3 is 14.7 Å². The Morgan fingerprint density at radius 3 is 2.29 bits per heavy atom. The lowest BCUT2D eigenvalue weighted by atomic mass is 9.49. The van der Waals surface area contributed by atoms with Crippen LogP contribution in [0.2, 0.25) is 0 Å². The minimum atomic E-state index is -0.0739. The number of nitrogens with zero attached hydrogens (tertiary/aromatic N) is 2. The highest BCUT2D eigenvalue weighted by atomic mass is 16.5. The summed E-state index contributed by atoms with van der Waals surface area (Å²) in [5, 5.41) is 7.11. The molecule has 0 spiro atoms. The SMILES string of the molecule is Cc1cc(C(=O)N2CCC(NC(=O)CC34CC5CC(CC(C5)C3)C4)CC2)no1. The summed E-state index contributed by atoms with van der Waals surface area (Å²) in [6.45, 7) is 3.11. The van der Waals surface area contributed by atoms with Crippen LogP contribution >= 0.6 is 0 Å². The van der Waals surface area contributed by atoms with E-state index in [9.17, 15) is 9.59 Å². The predicted octanol–water partition coefficient (Wildman–Crippen LogP) is 3.31. The molecule has 28 heavy (non-hydrogen) atoms. The number of nitrogens with one attached hydrogen (secondary N) is 1. The van der Waals surface area contributed by atoms with Crippen LogP contribution in [0.1, 0.15) is 74.0 Å². The molecule has 0 atom stereocenters. The summed E-state index contributed by atoms with van der Waals surface area (Å²) in [6.07, 6.45) is 10.4. The molecule has 4 bridgehead atoms. The fourth-order valence-corrected chi connectivity index (χ4v) is 6.98. The third-order valence-corrected chi connectivity index (χ3v) is 7.69. The van der Waals surface area contributed by atoms with E-state index in [0.717, 1.165) is 30.6 Å². The summed E-state index contributed by atoms with van der Waals surface area (Å²) in [5.41, 5.74) is 0.669. The van der Waals surface area contributed by atoms with Crippen molar-refractivity contribution in [3.8, 4) is 0 Å². The maximum absolute atomic E-state index is 12.8. The van der Waals surface area contributed by atoms with E-state index in [0.29, 0.717) is 36.4 Å². The number of carbonyl (C=O) groups excluding carboxylic acids is 2. The topological polar surface area (TPSA) is 75.4 Å². The van der Waals surface area contributed by atoms with E-state index in [4.69, 9.17) is 4.52 Å². The van der Waals surface area contributed by atoms with Gasteiger partial charge in [-0.25, -0.2) is 0 Å². The third kappa shape index (κ3) is 3.46. The number of piperidine rings is 1. The average Bonchev–Trinajstić information content (AvgIpc) is 3.06. The lowest BCUT2D eigenvalue weighted by Crippen LogP contribution is -2.50. The molecule has 6 rings (SSSR count). The molecule has 1 N–H and O–H groups in total. The van der Waals surface area contributed by atoms with Crippen molar-refractivity contribution >= 4 is 11.8 Å². The quantitative estimate of drug-likeness (QED) is 0.863. The number of rotatable bonds is 4. The van der Waals surface area contributed by atoms with Gasteiger partial charge in [-0.15, -0.1) is 0 Å². The van der Waals surface area contributed by atoms with E-state index in [1.165, 1.54) is 38.5 Å². The fourth-order valence-electron chi connectivity index (χ4n) is 6.98. The summed E-state index contributed by atoms with van der Waals surface area (Å²) in [5.74, 6) is 3.46. The van der Waals surface area contributed by atoms with Gasteiger partial charge in [0.15, 0.2) is 5.69 Å². The zero-order valence-corrected chi connectivity index (χ0v) is 16.8. The number of carbonyl (C=O) groups is 2. The van der Waals surface area contributed by atoms with Crippen molar-refractivity contribution in [2.75, 3.05) is 13.1 Å². The molecular weight excluding hydrogens is 354 g/mol. The average molecular weight is 386 g/mol. The van der Waals surface area contributed by atoms with Gasteiger partial charge >= 0.3 is 0 Å². The number of aryl methyl sites for hydroxylation is 1. The van der Waals surface area contributed by atoms with Crippen molar-refractivity contribution in [1.29, 1.82) is 0 Å². The lowest BCUT2D eigenvalue weighted by Gasteiger charge is -2.56. The fraction of sp³-hybridized carbons (Fsp3) is 0.773. The summed E-state index contributed by atoms with van der Waals surface area (Å²) >= 11 is 0. The molecule has 2 heterocycles. The molecule has 5 fully saturated rings. The Morgan fingerprint density at radius 1 is 1.14 bits per heavy atom. The maximum atomic E-state index is 12.8. The van der Waals surface area contributed by atoms with Crippen LogP contribution in [0.4, 0.5) is 0 Å². The largest absolute Gasteiger partial charge is 0.361 e. The molecule has 2 amide bonds. The molecule has 0 radical (unpaired) electrons. The third-order valence-electron chi connectivity index (χ3n) is 7.69. The van der Waals surface area contributed by atoms with Crippen molar-refractivity contribution in [3.63, 3.8) is 0 Å². The smallest absolute Gasteiger partial charge is 0.276 e. The van der Waals surface area contributed by atoms with Crippen LogP contribution < -0.4 is 5.32 Å². The normalized spacial score (nSPS) is 34.6. The molecule has 1 aliphatic heterocycles. The molecule has 4 saturated carbocycles. The molecule has 0 aromatic carbocycles. The van der Waals surface area contributed by atoms with E-state index < -0.39 is 0 Å². The van der Waals surface area contributed by atoms with E-state index in [1.54, 1.807) is 13.0 Å². The summed E-state index contributed by atoms with van der Waals surface area (Å²) in [6, 6.07) is 1.87. The van der Waals surface area contributed by atoms with Crippen molar-refractivity contribution < 1.29 is 14.1 Å². The number of hydrogen-bond acceptors (Lipinski definition) is 4. The van der Waals surface area contributed by atoms with E-state index in [2.05, 4.69) is 10.5 Å². The molecule has 152 valence electrons. The molecule has 1 aromatic rings. The number of aromatic nitrogens is 1. The minimum Gasteiger partial charge on any atom is -0.361 e. The molecule has 6 heteroatoms. The molecule has 6 nitrogen and oxygen atoms in total. The first-order valence-corrected chi connectivity index (χ1v) is 11.0. The summed E-state index contributed by atoms with van der Waals surface area (Å²) < 4.78 is 5.01. The Hall–Kier alpha value is -1.85. The highest BCUT2D eigenvalue weighted by Gasteiger charge is 2.51. The van der Waals surface area contributed by atoms with Gasteiger partial charge in [-0.3, -0.25) is 9.59 Å². The second-order valence-electron chi connectivity index (χ2n) is 10.1. The van der Waals surface area contributed by atoms with Crippen LogP contribution in [0.15, 0.2) is 10.6 Å². The van der Waals surface area contributed by atoms with Gasteiger partial charge in [0.05, 0.1) is 0 Å². The molecule has 1 saturated heterocycles. The van der Waals surface area contributed by atoms with Gasteiger partial charge in [0, 0.05) is 31.6 Å². The Balaban J connectivity index is 1.12. The Bertz CT molecular complexity index is 728. The highest BCUT2D eigenvalue weighted by molar-refractivity contribution is 5.92. The van der Waals surface area contributed by atoms with Crippen molar-refractivity contribution in [2.45, 2.75) is 70.8 Å². The first-order chi connectivity index (χ1) is 13.5. The van der Waals surface area contributed by atoms with Gasteiger partial charge in [-0.2, -0.15) is 0 Å². The highest BCUT2D eigenvalue weighted by Crippen LogP contribution is 2.61. The zero-order valence-electron chi connectivity index (χ0n) is 16.8. The van der Waals surface area contributed by atoms with Crippen molar-refractivity contribution in [3.05, 3.63) is 17.5 Å². The van der Waals surface area contributed by atoms with E-state index >= 15 is 0 Å². The molecule has 1 aromatic heterocycles. The van der Waals surface area contributed by atoms with Crippen LogP contribution in [0, 0.1) is 30.1 Å². The maximum Gasteiger partial charge on any atom is 0.276 e. The van der Waals surface area contributed by atoms with Crippen LogP contribution in [-0.2, 0) is 4.79 Å². The van der Waals surface area contributed by atoms with Crippen LogP contribution in [0.5, 0.6) is 0 Å². The van der Waals surface area contributed by atoms with Crippen LogP contribution in [-0.4, -0.2) is 41.0 Å². The number of amides is 2. The second kappa shape index (κ2) is 6.89. The Morgan fingerprint density at radius 2 is 1.75 bits per heavy atom. The van der Waals surface area contributed by atoms with Gasteiger partial charge in [0.2, 0.25) is 5.91 Å². The number of hydrogen-bond donors (Lipinski definition) is 1. The van der Waals surface area contributed by atoms with Gasteiger partial charge in [0.1, 0.15) is 5.76 Å². The molecule has 5 aliphatic rings. The standard InChI is InChI=1S/C22H31N3O3/c1-14-6-19(24-28-14)21(27)25-4-2-18(3-5-25)23-20(26)13-22-10-15-7-16(11-22)9-17(8-15)12-22/h6,15-18H,2-5,7-13H2,1H3,(H,23,26). The Labute approximate surface area is 166 Å². The van der Waals surface area contributed by atoms with E-state index in [-0.39, 0.29) is 17.9 Å². The second-order valence-corrected chi connectivity index (χ2v) is 10.1. The van der Waals surface area contributed by atoms with Gasteiger partial charge in [-0.1, -0.05) is 5.16 Å². The number of likely N-dealkylation sites (tertiary alicyclic amines) is 1. The minimum absolute atomic E-state index is 0.0739. The molecular formula is C22H31N3O3. The van der Waals surface area contributed by atoms with Crippen LogP contribution in [0.25, 0.3) is 0 Å². The van der Waals surface area contributed by atoms with E-state index in [1.807, 2.05) is 4.90 Å². The van der Waals surface area contributed by atoms with Crippen molar-refractivity contribution in [2.24, 2.45) is 23.2 Å². The van der Waals surface area contributed by atoms with Crippen molar-refractivity contribution in [1.82, 2.24) is 15.4 Å². The van der Waals surface area contributed by atoms with Crippen LogP contribution in [0.3, 0.4) is 0 Å². The Kier molecular flexibility index (Phi) is 4.48. The first kappa shape index (κ1) is 18.2. The predicted molar refractivity (Wildman–Crippen MR) is 104 cm³/mol. The summed E-state index contributed by atoms with van der Waals surface area (Å²) in [4.78, 5) is 27.1. The first-order valence-electron chi connectivity index (χ1n) is 11.0. The monoisotopic (exact) mass is 385 g/mol. The van der Waals surface area contributed by atoms with Gasteiger partial charge in [-0.05, 0) is 81.5 Å².